The molecule has 0 radical (unpaired) electrons. The predicted molar refractivity (Wildman–Crippen MR) is 134 cm³/mol. The number of unbranched alkanes of at least 4 members (excludes halogenated alkanes) is 5. The second kappa shape index (κ2) is 18.0. The molecule has 0 fully saturated rings. The third-order valence-corrected chi connectivity index (χ3v) is 6.00. The van der Waals surface area contributed by atoms with Crippen LogP contribution in [0.3, 0.4) is 0 Å². The van der Waals surface area contributed by atoms with E-state index in [-0.39, 0.29) is 30.4 Å². The van der Waals surface area contributed by atoms with E-state index in [0.29, 0.717) is 12.8 Å². The van der Waals surface area contributed by atoms with Crippen LogP contribution in [-0.2, 0) is 23.9 Å². The lowest BCUT2D eigenvalue weighted by Crippen LogP contribution is -2.25. The highest BCUT2D eigenvalue weighted by Crippen LogP contribution is 2.32. The zero-order valence-electron chi connectivity index (χ0n) is 21.3. The normalized spacial score (nSPS) is 18.0. The number of carbonyl (C=O) groups is 3. The van der Waals surface area contributed by atoms with Crippen molar-refractivity contribution < 1.29 is 29.0 Å². The summed E-state index contributed by atoms with van der Waals surface area (Å²) >= 11 is 0. The molecule has 3 unspecified atom stereocenters. The van der Waals surface area contributed by atoms with Crippen molar-refractivity contribution in [3.63, 3.8) is 0 Å². The minimum atomic E-state index is -0.843. The summed E-state index contributed by atoms with van der Waals surface area (Å²) in [5.41, 5.74) is 1.06. The van der Waals surface area contributed by atoms with Gasteiger partial charge in [-0.1, -0.05) is 63.3 Å². The quantitative estimate of drug-likeness (QED) is 0.109. The zero-order chi connectivity index (χ0) is 25.2. The van der Waals surface area contributed by atoms with Crippen molar-refractivity contribution in [1.82, 2.24) is 0 Å². The van der Waals surface area contributed by atoms with Crippen molar-refractivity contribution in [3.8, 4) is 0 Å². The highest BCUT2D eigenvalue weighted by Gasteiger charge is 2.25. The molecule has 1 aliphatic carbocycles. The number of carboxylic acid groups (broad SMARTS) is 1. The second-order valence-corrected chi connectivity index (χ2v) is 9.10. The first-order chi connectivity index (χ1) is 16.3. The number of rotatable bonds is 17. The minimum absolute atomic E-state index is 0.0599. The molecule has 6 heteroatoms. The molecule has 0 aromatic rings. The van der Waals surface area contributed by atoms with Crippen LogP contribution in [0.1, 0.15) is 104 Å². The lowest BCUT2D eigenvalue weighted by Gasteiger charge is -2.28. The molecule has 6 nitrogen and oxygen atoms in total. The number of carbonyl (C=O) groups excluding carboxylic acids is 2. The number of hydrogen-bond acceptors (Lipinski definition) is 5. The molecule has 192 valence electrons. The van der Waals surface area contributed by atoms with E-state index in [2.05, 4.69) is 19.1 Å². The largest absolute Gasteiger partial charge is 0.481 e. The molecule has 34 heavy (non-hydrogen) atoms. The SMILES string of the molecule is CCCCCCCCC(/C=C/C=C/C1CCCC=C1C(CCCC(=O)O)OC(C)=O)OC(C)=O. The molecule has 0 bridgehead atoms. The van der Waals surface area contributed by atoms with Gasteiger partial charge >= 0.3 is 17.9 Å². The lowest BCUT2D eigenvalue weighted by molar-refractivity contribution is -0.146. The van der Waals surface area contributed by atoms with E-state index in [1.165, 1.54) is 39.5 Å². The van der Waals surface area contributed by atoms with E-state index in [1.807, 2.05) is 18.2 Å². The van der Waals surface area contributed by atoms with E-state index in [1.54, 1.807) is 0 Å². The van der Waals surface area contributed by atoms with Crippen LogP contribution in [0.2, 0.25) is 0 Å². The molecule has 0 aromatic carbocycles. The fourth-order valence-electron chi connectivity index (χ4n) is 4.35. The van der Waals surface area contributed by atoms with Crippen LogP contribution >= 0.6 is 0 Å². The Kier molecular flexibility index (Phi) is 15.7. The average Bonchev–Trinajstić information content (AvgIpc) is 2.77. The fourth-order valence-corrected chi connectivity index (χ4v) is 4.35. The maximum absolute atomic E-state index is 11.6. The standard InChI is InChI=1S/C28H44O6/c1-4-5-6-7-8-9-17-25(33-22(2)29)18-12-10-15-24-16-11-13-19-26(24)27(34-23(3)30)20-14-21-28(31)32/h10,12,15,18-19,24-25,27H,4-9,11,13-14,16-17,20-21H2,1-3H3,(H,31,32)/b15-10+,18-12+. The van der Waals surface area contributed by atoms with Crippen molar-refractivity contribution in [2.75, 3.05) is 0 Å². The predicted octanol–water partition coefficient (Wildman–Crippen LogP) is 6.69. The molecule has 0 aromatic heterocycles. The zero-order valence-corrected chi connectivity index (χ0v) is 21.3. The average molecular weight is 477 g/mol. The van der Waals surface area contributed by atoms with Gasteiger partial charge < -0.3 is 14.6 Å². The monoisotopic (exact) mass is 476 g/mol. The van der Waals surface area contributed by atoms with Crippen LogP contribution in [0, 0.1) is 5.92 Å². The molecule has 1 rings (SSSR count). The summed E-state index contributed by atoms with van der Waals surface area (Å²) < 4.78 is 11.0. The first kappa shape index (κ1) is 29.7. The Morgan fingerprint density at radius 1 is 1.00 bits per heavy atom. The van der Waals surface area contributed by atoms with Gasteiger partial charge in [0, 0.05) is 26.2 Å². The molecular formula is C28H44O6. The topological polar surface area (TPSA) is 89.9 Å². The molecule has 3 atom stereocenters. The molecule has 0 heterocycles. The summed E-state index contributed by atoms with van der Waals surface area (Å²) in [7, 11) is 0. The van der Waals surface area contributed by atoms with Crippen LogP contribution < -0.4 is 0 Å². The van der Waals surface area contributed by atoms with Crippen molar-refractivity contribution in [2.45, 2.75) is 116 Å². The van der Waals surface area contributed by atoms with Crippen molar-refractivity contribution in [3.05, 3.63) is 36.0 Å². The van der Waals surface area contributed by atoms with Gasteiger partial charge in [-0.3, -0.25) is 14.4 Å². The van der Waals surface area contributed by atoms with Crippen molar-refractivity contribution >= 4 is 17.9 Å². The second-order valence-electron chi connectivity index (χ2n) is 9.10. The van der Waals surface area contributed by atoms with Crippen molar-refractivity contribution in [1.29, 1.82) is 0 Å². The third-order valence-electron chi connectivity index (χ3n) is 6.00. The Morgan fingerprint density at radius 2 is 1.71 bits per heavy atom. The molecule has 0 amide bonds. The van der Waals surface area contributed by atoms with Gasteiger partial charge in [0.05, 0.1) is 0 Å². The van der Waals surface area contributed by atoms with Gasteiger partial charge in [0.15, 0.2) is 0 Å². The van der Waals surface area contributed by atoms with E-state index >= 15 is 0 Å². The Morgan fingerprint density at radius 3 is 2.38 bits per heavy atom. The van der Waals surface area contributed by atoms with E-state index < -0.39 is 12.1 Å². The van der Waals surface area contributed by atoms with Crippen LogP contribution in [0.5, 0.6) is 0 Å². The highest BCUT2D eigenvalue weighted by atomic mass is 16.5. The van der Waals surface area contributed by atoms with E-state index in [9.17, 15) is 14.4 Å². The summed E-state index contributed by atoms with van der Waals surface area (Å²) in [6, 6.07) is 0. The number of ether oxygens (including phenoxy) is 2. The smallest absolute Gasteiger partial charge is 0.303 e. The molecule has 0 aliphatic heterocycles. The fraction of sp³-hybridized carbons (Fsp3) is 0.679. The summed E-state index contributed by atoms with van der Waals surface area (Å²) in [5, 5.41) is 8.94. The van der Waals surface area contributed by atoms with Gasteiger partial charge in [-0.2, -0.15) is 0 Å². The van der Waals surface area contributed by atoms with Crippen LogP contribution in [-0.4, -0.2) is 35.2 Å². The molecular weight excluding hydrogens is 432 g/mol. The third kappa shape index (κ3) is 14.0. The first-order valence-corrected chi connectivity index (χ1v) is 12.9. The summed E-state index contributed by atoms with van der Waals surface area (Å²) in [4.78, 5) is 34.0. The van der Waals surface area contributed by atoms with Crippen LogP contribution in [0.15, 0.2) is 36.0 Å². The maximum atomic E-state index is 11.6. The number of allylic oxidation sites excluding steroid dienone is 4. The van der Waals surface area contributed by atoms with Gasteiger partial charge in [-0.05, 0) is 56.6 Å². The Hall–Kier alpha value is -2.37. The minimum Gasteiger partial charge on any atom is -0.481 e. The van der Waals surface area contributed by atoms with Gasteiger partial charge in [-0.15, -0.1) is 0 Å². The Balaban J connectivity index is 2.72. The Bertz CT molecular complexity index is 706. The first-order valence-electron chi connectivity index (χ1n) is 12.9. The lowest BCUT2D eigenvalue weighted by atomic mass is 9.83. The molecule has 0 spiro atoms. The summed E-state index contributed by atoms with van der Waals surface area (Å²) in [6.45, 7) is 5.04. The molecule has 1 N–H and O–H groups in total. The molecule has 1 aliphatic rings. The Labute approximate surface area is 205 Å². The van der Waals surface area contributed by atoms with Gasteiger partial charge in [0.25, 0.3) is 0 Å². The van der Waals surface area contributed by atoms with Gasteiger partial charge in [0.1, 0.15) is 12.2 Å². The van der Waals surface area contributed by atoms with Crippen molar-refractivity contribution in [2.24, 2.45) is 5.92 Å². The molecule has 0 saturated heterocycles. The number of esters is 2. The number of carboxylic acids is 1. The summed E-state index contributed by atoms with van der Waals surface area (Å²) in [6.07, 6.45) is 21.4. The molecule has 0 saturated carbocycles. The highest BCUT2D eigenvalue weighted by molar-refractivity contribution is 5.67. The van der Waals surface area contributed by atoms with Gasteiger partial charge in [-0.25, -0.2) is 0 Å². The van der Waals surface area contributed by atoms with Crippen LogP contribution in [0.4, 0.5) is 0 Å². The van der Waals surface area contributed by atoms with E-state index in [4.69, 9.17) is 14.6 Å². The van der Waals surface area contributed by atoms with Gasteiger partial charge in [0.2, 0.25) is 0 Å². The summed E-state index contributed by atoms with van der Waals surface area (Å²) in [5.74, 6) is -1.33. The number of aliphatic carboxylic acids is 1. The van der Waals surface area contributed by atoms with Crippen LogP contribution in [0.25, 0.3) is 0 Å². The van der Waals surface area contributed by atoms with E-state index in [0.717, 1.165) is 44.1 Å². The number of hydrogen-bond donors (Lipinski definition) is 1. The maximum Gasteiger partial charge on any atom is 0.303 e.